The largest absolute Gasteiger partial charge is 0.481 e. The number of hydrogen-bond acceptors (Lipinski definition) is 4. The molecule has 5 N–H and O–H groups in total. The van der Waals surface area contributed by atoms with Crippen molar-refractivity contribution in [3.8, 4) is 0 Å². The molecule has 0 spiro atoms. The Balaban J connectivity index is 2.99. The number of aliphatic hydroxyl groups excluding tert-OH is 2. The summed E-state index contributed by atoms with van der Waals surface area (Å²) in [6.07, 6.45) is -3.57. The van der Waals surface area contributed by atoms with Crippen LogP contribution in [0.4, 0.5) is 10.1 Å². The van der Waals surface area contributed by atoms with Crippen molar-refractivity contribution in [3.63, 3.8) is 0 Å². The van der Waals surface area contributed by atoms with Crippen LogP contribution in [-0.4, -0.2) is 27.4 Å². The van der Waals surface area contributed by atoms with Gasteiger partial charge in [-0.2, -0.15) is 0 Å². The van der Waals surface area contributed by atoms with Crippen molar-refractivity contribution in [2.75, 3.05) is 5.73 Å². The number of carbonyl (C=O) groups is 1. The van der Waals surface area contributed by atoms with E-state index >= 15 is 0 Å². The van der Waals surface area contributed by atoms with Crippen LogP contribution in [0.2, 0.25) is 0 Å². The van der Waals surface area contributed by atoms with E-state index in [1.807, 2.05) is 0 Å². The highest BCUT2D eigenvalue weighted by Gasteiger charge is 2.23. The summed E-state index contributed by atoms with van der Waals surface area (Å²) >= 11 is 0. The number of carboxylic acids is 1. The van der Waals surface area contributed by atoms with Crippen LogP contribution >= 0.6 is 0 Å². The Kier molecular flexibility index (Phi) is 4.03. The zero-order valence-electron chi connectivity index (χ0n) is 9.22. The van der Waals surface area contributed by atoms with Crippen molar-refractivity contribution >= 4 is 11.7 Å². The summed E-state index contributed by atoms with van der Waals surface area (Å²) in [6, 6.07) is 2.32. The van der Waals surface area contributed by atoms with Crippen molar-refractivity contribution in [2.24, 2.45) is 0 Å². The summed E-state index contributed by atoms with van der Waals surface area (Å²) in [4.78, 5) is 10.4. The fourth-order valence-corrected chi connectivity index (χ4v) is 1.54. The first-order valence-electron chi connectivity index (χ1n) is 4.96. The Morgan fingerprint density at radius 1 is 1.47 bits per heavy atom. The fourth-order valence-electron chi connectivity index (χ4n) is 1.54. The van der Waals surface area contributed by atoms with E-state index in [1.165, 1.54) is 6.07 Å². The number of aryl methyl sites for hydroxylation is 1. The maximum absolute atomic E-state index is 13.2. The molecule has 5 nitrogen and oxygen atoms in total. The summed E-state index contributed by atoms with van der Waals surface area (Å²) in [5, 5.41) is 27.6. The highest BCUT2D eigenvalue weighted by molar-refractivity contribution is 5.67. The molecule has 2 atom stereocenters. The highest BCUT2D eigenvalue weighted by atomic mass is 19.1. The smallest absolute Gasteiger partial charge is 0.306 e. The second-order valence-corrected chi connectivity index (χ2v) is 3.84. The lowest BCUT2D eigenvalue weighted by Gasteiger charge is -2.19. The third kappa shape index (κ3) is 3.15. The van der Waals surface area contributed by atoms with Crippen molar-refractivity contribution in [2.45, 2.75) is 25.6 Å². The van der Waals surface area contributed by atoms with Gasteiger partial charge in [0.15, 0.2) is 0 Å². The molecular formula is C11H14FNO4. The SMILES string of the molecule is Cc1cc(N)c(F)cc1C(O)C(O)CC(=O)O. The van der Waals surface area contributed by atoms with E-state index in [0.717, 1.165) is 6.07 Å². The lowest BCUT2D eigenvalue weighted by Crippen LogP contribution is -2.22. The maximum Gasteiger partial charge on any atom is 0.306 e. The number of carboxylic acid groups (broad SMARTS) is 1. The minimum atomic E-state index is -1.49. The number of nitrogens with two attached hydrogens (primary N) is 1. The van der Waals surface area contributed by atoms with Gasteiger partial charge in [-0.25, -0.2) is 4.39 Å². The molecule has 0 aliphatic heterocycles. The molecule has 0 amide bonds. The van der Waals surface area contributed by atoms with Crippen LogP contribution in [-0.2, 0) is 4.79 Å². The van der Waals surface area contributed by atoms with Crippen LogP contribution in [0, 0.1) is 12.7 Å². The Hall–Kier alpha value is -1.66. The van der Waals surface area contributed by atoms with Crippen LogP contribution in [0.25, 0.3) is 0 Å². The molecule has 0 fully saturated rings. The van der Waals surface area contributed by atoms with E-state index in [4.69, 9.17) is 10.8 Å². The van der Waals surface area contributed by atoms with Gasteiger partial charge in [0.1, 0.15) is 11.9 Å². The normalized spacial score (nSPS) is 14.4. The molecule has 0 heterocycles. The number of aliphatic carboxylic acids is 1. The summed E-state index contributed by atoms with van der Waals surface area (Å²) in [5.41, 5.74) is 5.89. The van der Waals surface area contributed by atoms with Crippen molar-refractivity contribution in [3.05, 3.63) is 29.1 Å². The van der Waals surface area contributed by atoms with Crippen LogP contribution in [0.5, 0.6) is 0 Å². The number of hydrogen-bond donors (Lipinski definition) is 4. The fraction of sp³-hybridized carbons (Fsp3) is 0.364. The van der Waals surface area contributed by atoms with Gasteiger partial charge in [0, 0.05) is 0 Å². The second kappa shape index (κ2) is 5.11. The first-order chi connectivity index (χ1) is 7.82. The molecule has 0 aliphatic carbocycles. The molecule has 6 heteroatoms. The molecule has 1 aromatic rings. The van der Waals surface area contributed by atoms with Gasteiger partial charge in [-0.15, -0.1) is 0 Å². The van der Waals surface area contributed by atoms with E-state index in [1.54, 1.807) is 6.92 Å². The number of rotatable bonds is 4. The first kappa shape index (κ1) is 13.4. The highest BCUT2D eigenvalue weighted by Crippen LogP contribution is 2.26. The van der Waals surface area contributed by atoms with E-state index in [0.29, 0.717) is 5.56 Å². The molecule has 0 saturated carbocycles. The van der Waals surface area contributed by atoms with E-state index in [-0.39, 0.29) is 11.3 Å². The third-order valence-corrected chi connectivity index (χ3v) is 2.45. The summed E-state index contributed by atoms with van der Waals surface area (Å²) < 4.78 is 13.2. The van der Waals surface area contributed by atoms with Gasteiger partial charge in [-0.1, -0.05) is 0 Å². The lowest BCUT2D eigenvalue weighted by atomic mass is 9.97. The molecule has 0 aliphatic rings. The summed E-state index contributed by atoms with van der Waals surface area (Å²) in [6.45, 7) is 1.59. The van der Waals surface area contributed by atoms with Gasteiger partial charge in [0.25, 0.3) is 0 Å². The molecule has 1 rings (SSSR count). The summed E-state index contributed by atoms with van der Waals surface area (Å²) in [5.74, 6) is -1.96. The quantitative estimate of drug-likeness (QED) is 0.579. The predicted molar refractivity (Wildman–Crippen MR) is 58.8 cm³/mol. The lowest BCUT2D eigenvalue weighted by molar-refractivity contribution is -0.141. The van der Waals surface area contributed by atoms with E-state index in [2.05, 4.69) is 0 Å². The monoisotopic (exact) mass is 243 g/mol. The number of nitrogen functional groups attached to an aromatic ring is 1. The van der Waals surface area contributed by atoms with Gasteiger partial charge < -0.3 is 21.1 Å². The van der Waals surface area contributed by atoms with Crippen LogP contribution < -0.4 is 5.73 Å². The zero-order chi connectivity index (χ0) is 13.2. The minimum absolute atomic E-state index is 0.0637. The number of aliphatic hydroxyl groups is 2. The average Bonchev–Trinajstić information content (AvgIpc) is 2.21. The summed E-state index contributed by atoms with van der Waals surface area (Å²) in [7, 11) is 0. The van der Waals surface area contributed by atoms with Crippen LogP contribution in [0.15, 0.2) is 12.1 Å². The first-order valence-corrected chi connectivity index (χ1v) is 4.96. The topological polar surface area (TPSA) is 104 Å². The van der Waals surface area contributed by atoms with Gasteiger partial charge >= 0.3 is 5.97 Å². The van der Waals surface area contributed by atoms with Crippen molar-refractivity contribution in [1.29, 1.82) is 0 Å². The van der Waals surface area contributed by atoms with Crippen LogP contribution in [0.1, 0.15) is 23.7 Å². The van der Waals surface area contributed by atoms with E-state index < -0.39 is 30.4 Å². The number of halogens is 1. The Labute approximate surface area is 97.3 Å². The Morgan fingerprint density at radius 2 is 2.06 bits per heavy atom. The molecule has 2 unspecified atom stereocenters. The number of anilines is 1. The third-order valence-electron chi connectivity index (χ3n) is 2.45. The molecule has 17 heavy (non-hydrogen) atoms. The second-order valence-electron chi connectivity index (χ2n) is 3.84. The molecule has 94 valence electrons. The molecule has 1 aromatic carbocycles. The van der Waals surface area contributed by atoms with Crippen molar-refractivity contribution < 1.29 is 24.5 Å². The predicted octanol–water partition coefficient (Wildman–Crippen LogP) is 0.585. The zero-order valence-corrected chi connectivity index (χ0v) is 9.22. The van der Waals surface area contributed by atoms with Gasteiger partial charge in [-0.3, -0.25) is 4.79 Å². The molecule has 0 bridgehead atoms. The molecular weight excluding hydrogens is 229 g/mol. The average molecular weight is 243 g/mol. The maximum atomic E-state index is 13.2. The molecule has 0 saturated heterocycles. The number of benzene rings is 1. The van der Waals surface area contributed by atoms with E-state index in [9.17, 15) is 19.4 Å². The van der Waals surface area contributed by atoms with Gasteiger partial charge in [0.2, 0.25) is 0 Å². The van der Waals surface area contributed by atoms with Gasteiger partial charge in [0.05, 0.1) is 18.2 Å². The Bertz CT molecular complexity index is 436. The standard InChI is InChI=1S/C11H14FNO4/c1-5-2-8(13)7(12)3-6(5)11(17)9(14)4-10(15)16/h2-3,9,11,14,17H,4,13H2,1H3,(H,15,16). The van der Waals surface area contributed by atoms with Crippen molar-refractivity contribution in [1.82, 2.24) is 0 Å². The van der Waals surface area contributed by atoms with Crippen LogP contribution in [0.3, 0.4) is 0 Å². The molecule has 0 radical (unpaired) electrons. The van der Waals surface area contributed by atoms with Gasteiger partial charge in [-0.05, 0) is 30.2 Å². The Morgan fingerprint density at radius 3 is 2.59 bits per heavy atom. The molecule has 0 aromatic heterocycles. The minimum Gasteiger partial charge on any atom is -0.481 e.